The molecule has 0 unspecified atom stereocenters. The zero-order chi connectivity index (χ0) is 14.8. The van der Waals surface area contributed by atoms with Crippen molar-refractivity contribution in [2.75, 3.05) is 6.54 Å². The van der Waals surface area contributed by atoms with Crippen molar-refractivity contribution in [2.24, 2.45) is 0 Å². The number of fused-ring (bicyclic) bond motifs is 1. The van der Waals surface area contributed by atoms with E-state index >= 15 is 0 Å². The Hall–Kier alpha value is -2.08. The maximum absolute atomic E-state index is 12.2. The van der Waals surface area contributed by atoms with Gasteiger partial charge in [0.2, 0.25) is 0 Å². The van der Waals surface area contributed by atoms with E-state index in [2.05, 4.69) is 31.2 Å². The lowest BCUT2D eigenvalue weighted by atomic mass is 10.1. The summed E-state index contributed by atoms with van der Waals surface area (Å²) in [6.45, 7) is 2.42. The van der Waals surface area contributed by atoms with Crippen LogP contribution in [0.2, 0.25) is 0 Å². The molecule has 0 radical (unpaired) electrons. The number of rotatable bonds is 4. The van der Waals surface area contributed by atoms with Crippen LogP contribution in [0.25, 0.3) is 11.0 Å². The summed E-state index contributed by atoms with van der Waals surface area (Å²) >= 11 is 3.43. The topological polar surface area (TPSA) is 70.9 Å². The average molecular weight is 348 g/mol. The van der Waals surface area contributed by atoms with Crippen LogP contribution in [0.4, 0.5) is 0 Å². The summed E-state index contributed by atoms with van der Waals surface area (Å²) in [4.78, 5) is 19.1. The summed E-state index contributed by atoms with van der Waals surface area (Å²) in [6.07, 6.45) is 4.07. The Morgan fingerprint density at radius 1 is 1.48 bits per heavy atom. The Bertz CT molecular complexity index is 778. The van der Waals surface area contributed by atoms with Crippen molar-refractivity contribution >= 4 is 32.8 Å². The van der Waals surface area contributed by atoms with Gasteiger partial charge < -0.3 is 14.7 Å². The molecule has 108 valence electrons. The molecule has 0 aliphatic heterocycles. The van der Waals surface area contributed by atoms with E-state index in [0.717, 1.165) is 26.7 Å². The second kappa shape index (κ2) is 5.73. The number of carbonyl (C=O) groups is 1. The van der Waals surface area contributed by atoms with Gasteiger partial charge in [0.1, 0.15) is 5.58 Å². The van der Waals surface area contributed by atoms with Crippen molar-refractivity contribution in [3.63, 3.8) is 0 Å². The molecule has 21 heavy (non-hydrogen) atoms. The second-order valence-corrected chi connectivity index (χ2v) is 5.70. The zero-order valence-electron chi connectivity index (χ0n) is 11.4. The molecule has 0 atom stereocenters. The molecule has 3 rings (SSSR count). The maximum atomic E-state index is 12.2. The van der Waals surface area contributed by atoms with E-state index in [-0.39, 0.29) is 5.91 Å². The summed E-state index contributed by atoms with van der Waals surface area (Å²) in [7, 11) is 0. The van der Waals surface area contributed by atoms with Crippen LogP contribution in [0.1, 0.15) is 21.8 Å². The number of hydrogen-bond donors (Lipinski definition) is 2. The maximum Gasteiger partial charge on any atom is 0.287 e. The smallest absolute Gasteiger partial charge is 0.287 e. The Morgan fingerprint density at radius 3 is 3.10 bits per heavy atom. The van der Waals surface area contributed by atoms with Gasteiger partial charge in [-0.1, -0.05) is 15.9 Å². The lowest BCUT2D eigenvalue weighted by Crippen LogP contribution is -2.25. The third-order valence-electron chi connectivity index (χ3n) is 3.34. The second-order valence-electron chi connectivity index (χ2n) is 4.78. The lowest BCUT2D eigenvalue weighted by molar-refractivity contribution is 0.0927. The number of hydrogen-bond acceptors (Lipinski definition) is 3. The lowest BCUT2D eigenvalue weighted by Gasteiger charge is -2.02. The van der Waals surface area contributed by atoms with Gasteiger partial charge in [0.05, 0.1) is 6.33 Å². The van der Waals surface area contributed by atoms with E-state index in [9.17, 15) is 4.79 Å². The van der Waals surface area contributed by atoms with Gasteiger partial charge in [-0.3, -0.25) is 4.79 Å². The van der Waals surface area contributed by atoms with Gasteiger partial charge in [-0.2, -0.15) is 0 Å². The minimum atomic E-state index is -0.195. The number of aromatic amines is 1. The van der Waals surface area contributed by atoms with Crippen molar-refractivity contribution in [1.82, 2.24) is 15.3 Å². The largest absolute Gasteiger partial charge is 0.451 e. The summed E-state index contributed by atoms with van der Waals surface area (Å²) in [5, 5.41) is 3.81. The van der Waals surface area contributed by atoms with Crippen LogP contribution in [0.15, 0.2) is 39.6 Å². The van der Waals surface area contributed by atoms with Crippen molar-refractivity contribution in [1.29, 1.82) is 0 Å². The molecule has 5 nitrogen and oxygen atoms in total. The molecule has 0 saturated carbocycles. The van der Waals surface area contributed by atoms with Gasteiger partial charge in [-0.15, -0.1) is 0 Å². The van der Waals surface area contributed by atoms with Crippen LogP contribution in [0.5, 0.6) is 0 Å². The summed E-state index contributed by atoms with van der Waals surface area (Å²) in [5.41, 5.74) is 2.56. The fourth-order valence-electron chi connectivity index (χ4n) is 2.22. The van der Waals surface area contributed by atoms with E-state index in [1.165, 1.54) is 0 Å². The number of furan rings is 1. The van der Waals surface area contributed by atoms with Gasteiger partial charge in [-0.05, 0) is 25.1 Å². The monoisotopic (exact) mass is 347 g/mol. The first-order valence-corrected chi connectivity index (χ1v) is 7.38. The Labute approximate surface area is 129 Å². The zero-order valence-corrected chi connectivity index (χ0v) is 13.0. The highest BCUT2D eigenvalue weighted by Crippen LogP contribution is 2.27. The molecular formula is C15H14BrN3O2. The number of aryl methyl sites for hydroxylation is 1. The van der Waals surface area contributed by atoms with Gasteiger partial charge in [0.15, 0.2) is 5.76 Å². The Kier molecular flexibility index (Phi) is 3.79. The van der Waals surface area contributed by atoms with Crippen LogP contribution in [-0.2, 0) is 6.42 Å². The predicted molar refractivity (Wildman–Crippen MR) is 83.3 cm³/mol. The molecule has 3 aromatic rings. The van der Waals surface area contributed by atoms with Crippen LogP contribution in [0.3, 0.4) is 0 Å². The number of amides is 1. The van der Waals surface area contributed by atoms with Crippen LogP contribution in [0, 0.1) is 6.92 Å². The number of H-pyrrole nitrogens is 1. The molecule has 2 heterocycles. The van der Waals surface area contributed by atoms with E-state index in [0.29, 0.717) is 18.7 Å². The molecule has 1 aromatic carbocycles. The first-order valence-electron chi connectivity index (χ1n) is 6.59. The third-order valence-corrected chi connectivity index (χ3v) is 3.83. The molecular weight excluding hydrogens is 334 g/mol. The number of halogens is 1. The van der Waals surface area contributed by atoms with Crippen LogP contribution < -0.4 is 5.32 Å². The number of benzene rings is 1. The number of nitrogens with zero attached hydrogens (tertiary/aromatic N) is 1. The molecule has 0 fully saturated rings. The van der Waals surface area contributed by atoms with Crippen molar-refractivity contribution < 1.29 is 9.21 Å². The van der Waals surface area contributed by atoms with Crippen molar-refractivity contribution in [3.8, 4) is 0 Å². The normalized spacial score (nSPS) is 11.0. The predicted octanol–water partition coefficient (Wildman–Crippen LogP) is 3.20. The standard InChI is InChI=1S/C15H14BrN3O2/c1-9-12-6-10(16)2-3-13(12)21-14(9)15(20)18-5-4-11-7-17-8-19-11/h2-3,6-8H,4-5H2,1H3,(H,17,19)(H,18,20). The fourth-order valence-corrected chi connectivity index (χ4v) is 2.58. The summed E-state index contributed by atoms with van der Waals surface area (Å²) in [6, 6.07) is 5.70. The minimum Gasteiger partial charge on any atom is -0.451 e. The third kappa shape index (κ3) is 2.85. The molecule has 1 amide bonds. The minimum absolute atomic E-state index is 0.195. The van der Waals surface area contributed by atoms with Crippen molar-refractivity contribution in [3.05, 3.63) is 52.2 Å². The number of nitrogens with one attached hydrogen (secondary N) is 2. The van der Waals surface area contributed by atoms with E-state index in [4.69, 9.17) is 4.42 Å². The van der Waals surface area contributed by atoms with Crippen molar-refractivity contribution in [2.45, 2.75) is 13.3 Å². The summed E-state index contributed by atoms with van der Waals surface area (Å²) in [5.74, 6) is 0.173. The molecule has 6 heteroatoms. The first kappa shape index (κ1) is 13.9. The molecule has 0 spiro atoms. The van der Waals surface area contributed by atoms with Gasteiger partial charge in [-0.25, -0.2) is 4.98 Å². The van der Waals surface area contributed by atoms with E-state index in [1.54, 1.807) is 12.5 Å². The van der Waals surface area contributed by atoms with E-state index < -0.39 is 0 Å². The first-order chi connectivity index (χ1) is 10.1. The molecule has 0 saturated heterocycles. The number of aromatic nitrogens is 2. The van der Waals surface area contributed by atoms with Gasteiger partial charge in [0.25, 0.3) is 5.91 Å². The fraction of sp³-hybridized carbons (Fsp3) is 0.200. The highest BCUT2D eigenvalue weighted by molar-refractivity contribution is 9.10. The van der Waals surface area contributed by atoms with Crippen LogP contribution in [-0.4, -0.2) is 22.4 Å². The SMILES string of the molecule is Cc1c(C(=O)NCCc2cnc[nH]2)oc2ccc(Br)cc12. The molecule has 0 aliphatic rings. The van der Waals surface area contributed by atoms with Gasteiger partial charge in [0, 0.05) is 40.3 Å². The molecule has 0 bridgehead atoms. The van der Waals surface area contributed by atoms with Crippen LogP contribution >= 0.6 is 15.9 Å². The van der Waals surface area contributed by atoms with Gasteiger partial charge >= 0.3 is 0 Å². The average Bonchev–Trinajstić information content (AvgIpc) is 3.08. The molecule has 0 aliphatic carbocycles. The molecule has 2 N–H and O–H groups in total. The Balaban J connectivity index is 1.73. The quantitative estimate of drug-likeness (QED) is 0.761. The Morgan fingerprint density at radius 2 is 2.33 bits per heavy atom. The summed E-state index contributed by atoms with van der Waals surface area (Å²) < 4.78 is 6.61. The molecule has 2 aromatic heterocycles. The highest BCUT2D eigenvalue weighted by atomic mass is 79.9. The highest BCUT2D eigenvalue weighted by Gasteiger charge is 2.17. The van der Waals surface area contributed by atoms with E-state index in [1.807, 2.05) is 25.1 Å². The number of imidazole rings is 1. The number of carbonyl (C=O) groups excluding carboxylic acids is 1.